The lowest BCUT2D eigenvalue weighted by atomic mass is 9.92. The van der Waals surface area contributed by atoms with Crippen LogP contribution in [0.1, 0.15) is 66.2 Å². The molecule has 1 aliphatic carbocycles. The van der Waals surface area contributed by atoms with Gasteiger partial charge in [0.2, 0.25) is 0 Å². The summed E-state index contributed by atoms with van der Waals surface area (Å²) in [5, 5.41) is 9.91. The van der Waals surface area contributed by atoms with Gasteiger partial charge in [-0.1, -0.05) is 52.2 Å². The van der Waals surface area contributed by atoms with Crippen LogP contribution in [0.5, 0.6) is 0 Å². The van der Waals surface area contributed by atoms with E-state index in [0.29, 0.717) is 24.2 Å². The Morgan fingerprint density at radius 1 is 1.11 bits per heavy atom. The van der Waals surface area contributed by atoms with E-state index in [1.807, 2.05) is 37.3 Å². The Kier molecular flexibility index (Phi) is 11.9. The van der Waals surface area contributed by atoms with Crippen LogP contribution in [0, 0.1) is 5.41 Å². The molecule has 5 N–H and O–H groups in total. The van der Waals surface area contributed by atoms with Crippen molar-refractivity contribution in [3.05, 3.63) is 95.9 Å². The molecule has 0 saturated heterocycles. The fourth-order valence-corrected chi connectivity index (χ4v) is 3.83. The Balaban J connectivity index is 1.95. The molecule has 0 bridgehead atoms. The summed E-state index contributed by atoms with van der Waals surface area (Å²) in [6.45, 7) is 17.8. The van der Waals surface area contributed by atoms with E-state index in [0.717, 1.165) is 60.6 Å². The van der Waals surface area contributed by atoms with Crippen molar-refractivity contribution in [1.82, 2.24) is 5.32 Å². The van der Waals surface area contributed by atoms with Crippen LogP contribution in [-0.2, 0) is 0 Å². The second-order valence-electron chi connectivity index (χ2n) is 10.5. The molecule has 0 radical (unpaired) electrons. The molecule has 0 aliphatic heterocycles. The SMILES string of the molecule is C=C(CC(=C)Nc1ccc(NC(/N=C\N)=C2/CC=C(CCC/C=C\C)C=C2F)cc1)NCCC(C)(C)C. The molecule has 200 valence electrons. The summed E-state index contributed by atoms with van der Waals surface area (Å²) in [6.07, 6.45) is 14.0. The van der Waals surface area contributed by atoms with Gasteiger partial charge in [-0.25, -0.2) is 9.38 Å². The molecule has 1 aromatic rings. The molecule has 1 aliphatic rings. The van der Waals surface area contributed by atoms with Gasteiger partial charge in [0, 0.05) is 41.3 Å². The predicted molar refractivity (Wildman–Crippen MR) is 159 cm³/mol. The maximum atomic E-state index is 15.0. The van der Waals surface area contributed by atoms with Crippen molar-refractivity contribution in [2.75, 3.05) is 17.2 Å². The third-order valence-corrected chi connectivity index (χ3v) is 5.88. The van der Waals surface area contributed by atoms with Crippen LogP contribution in [0.2, 0.25) is 0 Å². The van der Waals surface area contributed by atoms with Gasteiger partial charge >= 0.3 is 0 Å². The number of benzene rings is 1. The largest absolute Gasteiger partial charge is 0.390 e. The molecule has 0 spiro atoms. The summed E-state index contributed by atoms with van der Waals surface area (Å²) in [6, 6.07) is 7.69. The number of anilines is 2. The Labute approximate surface area is 222 Å². The number of hydrogen-bond donors (Lipinski definition) is 4. The molecule has 0 amide bonds. The normalized spacial score (nSPS) is 15.4. The van der Waals surface area contributed by atoms with Crippen molar-refractivity contribution in [1.29, 1.82) is 0 Å². The van der Waals surface area contributed by atoms with E-state index >= 15 is 0 Å². The van der Waals surface area contributed by atoms with Crippen molar-refractivity contribution in [2.45, 2.75) is 66.2 Å². The van der Waals surface area contributed by atoms with E-state index in [-0.39, 0.29) is 11.2 Å². The first-order chi connectivity index (χ1) is 17.6. The number of hydrogen-bond acceptors (Lipinski definition) is 4. The molecule has 0 heterocycles. The van der Waals surface area contributed by atoms with Crippen LogP contribution in [0.25, 0.3) is 0 Å². The highest BCUT2D eigenvalue weighted by atomic mass is 19.1. The molecule has 0 fully saturated rings. The standard InChI is InChI=1S/C31H44FN5/c1-7-8-9-10-11-25-12-17-28(29(32)21-25)30(35-22-33)37-27-15-13-26(14-16-27)36-24(3)20-23(2)34-19-18-31(4,5)6/h7-8,12-16,21-22,34,36-37H,2-3,9-11,17-20H2,1,4-6H3,(H2,33,35)/b8-7-,30-28-. The van der Waals surface area contributed by atoms with Gasteiger partial charge in [-0.15, -0.1) is 0 Å². The summed E-state index contributed by atoms with van der Waals surface area (Å²) in [5.41, 5.74) is 10.8. The predicted octanol–water partition coefficient (Wildman–Crippen LogP) is 8.08. The first-order valence-corrected chi connectivity index (χ1v) is 13.0. The van der Waals surface area contributed by atoms with E-state index in [4.69, 9.17) is 5.73 Å². The molecule has 0 unspecified atom stereocenters. The van der Waals surface area contributed by atoms with Crippen molar-refractivity contribution < 1.29 is 4.39 Å². The maximum absolute atomic E-state index is 15.0. The average Bonchev–Trinajstić information content (AvgIpc) is 2.82. The molecule has 0 atom stereocenters. The summed E-state index contributed by atoms with van der Waals surface area (Å²) >= 11 is 0. The molecular formula is C31H44FN5. The lowest BCUT2D eigenvalue weighted by Gasteiger charge is -2.20. The number of allylic oxidation sites excluding steroid dienone is 7. The highest BCUT2D eigenvalue weighted by Gasteiger charge is 2.16. The van der Waals surface area contributed by atoms with E-state index in [9.17, 15) is 4.39 Å². The number of nitrogens with two attached hydrogens (primary N) is 1. The first kappa shape index (κ1) is 29.7. The van der Waals surface area contributed by atoms with Crippen LogP contribution >= 0.6 is 0 Å². The van der Waals surface area contributed by atoms with Crippen molar-refractivity contribution in [2.24, 2.45) is 16.1 Å². The van der Waals surface area contributed by atoms with Gasteiger partial charge in [-0.2, -0.15) is 0 Å². The minimum atomic E-state index is -0.275. The number of nitrogens with one attached hydrogen (secondary N) is 3. The monoisotopic (exact) mass is 505 g/mol. The van der Waals surface area contributed by atoms with Gasteiger partial charge in [-0.05, 0) is 80.4 Å². The second-order valence-corrected chi connectivity index (χ2v) is 10.5. The maximum Gasteiger partial charge on any atom is 0.138 e. The van der Waals surface area contributed by atoms with Gasteiger partial charge in [0.1, 0.15) is 11.6 Å². The van der Waals surface area contributed by atoms with E-state index in [1.165, 1.54) is 6.34 Å². The summed E-state index contributed by atoms with van der Waals surface area (Å²) in [5.74, 6) is 0.130. The zero-order chi connectivity index (χ0) is 27.3. The molecular weight excluding hydrogens is 461 g/mol. The van der Waals surface area contributed by atoms with Crippen LogP contribution in [0.15, 0.2) is 101 Å². The highest BCUT2D eigenvalue weighted by molar-refractivity contribution is 5.62. The minimum absolute atomic E-state index is 0.275. The highest BCUT2D eigenvalue weighted by Crippen LogP contribution is 2.30. The second kappa shape index (κ2) is 14.9. The van der Waals surface area contributed by atoms with Crippen LogP contribution in [0.3, 0.4) is 0 Å². The summed E-state index contributed by atoms with van der Waals surface area (Å²) in [7, 11) is 0. The summed E-state index contributed by atoms with van der Waals surface area (Å²) in [4.78, 5) is 4.20. The Morgan fingerprint density at radius 2 is 1.78 bits per heavy atom. The van der Waals surface area contributed by atoms with Crippen LogP contribution in [-0.4, -0.2) is 12.9 Å². The van der Waals surface area contributed by atoms with E-state index in [2.05, 4.69) is 67.0 Å². The summed E-state index contributed by atoms with van der Waals surface area (Å²) < 4.78 is 15.0. The molecule has 1 aromatic carbocycles. The quantitative estimate of drug-likeness (QED) is 0.0892. The molecule has 0 saturated carbocycles. The molecule has 2 rings (SSSR count). The molecule has 0 aromatic heterocycles. The number of halogens is 1. The third-order valence-electron chi connectivity index (χ3n) is 5.88. The van der Waals surface area contributed by atoms with Gasteiger partial charge in [0.25, 0.3) is 0 Å². The van der Waals surface area contributed by atoms with Crippen LogP contribution in [0.4, 0.5) is 15.8 Å². The topological polar surface area (TPSA) is 74.5 Å². The van der Waals surface area contributed by atoms with Gasteiger partial charge in [0.15, 0.2) is 0 Å². The van der Waals surface area contributed by atoms with Gasteiger partial charge < -0.3 is 21.7 Å². The molecule has 6 heteroatoms. The zero-order valence-corrected chi connectivity index (χ0v) is 23.0. The first-order valence-electron chi connectivity index (χ1n) is 13.0. The number of unbranched alkanes of at least 4 members (excludes halogenated alkanes) is 1. The third kappa shape index (κ3) is 11.4. The minimum Gasteiger partial charge on any atom is -0.390 e. The average molecular weight is 506 g/mol. The van der Waals surface area contributed by atoms with Crippen molar-refractivity contribution in [3.8, 4) is 0 Å². The smallest absolute Gasteiger partial charge is 0.138 e. The Morgan fingerprint density at radius 3 is 2.38 bits per heavy atom. The Bertz CT molecular complexity index is 1070. The Hall–Kier alpha value is -3.54. The number of nitrogens with zero attached hydrogens (tertiary/aromatic N) is 1. The van der Waals surface area contributed by atoms with E-state index < -0.39 is 0 Å². The van der Waals surface area contributed by atoms with Gasteiger partial charge in [0.05, 0.1) is 6.34 Å². The van der Waals surface area contributed by atoms with Crippen LogP contribution < -0.4 is 21.7 Å². The number of aliphatic imine (C=N–C) groups is 1. The fourth-order valence-electron chi connectivity index (χ4n) is 3.83. The fraction of sp³-hybridized carbons (Fsp3) is 0.387. The van der Waals surface area contributed by atoms with Gasteiger partial charge in [-0.3, -0.25) is 0 Å². The number of rotatable bonds is 14. The molecule has 37 heavy (non-hydrogen) atoms. The van der Waals surface area contributed by atoms with Crippen molar-refractivity contribution >= 4 is 17.7 Å². The van der Waals surface area contributed by atoms with E-state index in [1.54, 1.807) is 6.08 Å². The van der Waals surface area contributed by atoms with Crippen molar-refractivity contribution in [3.63, 3.8) is 0 Å². The molecule has 5 nitrogen and oxygen atoms in total. The lowest BCUT2D eigenvalue weighted by Crippen LogP contribution is -2.20. The lowest BCUT2D eigenvalue weighted by molar-refractivity contribution is 0.373. The zero-order valence-electron chi connectivity index (χ0n) is 23.0.